The summed E-state index contributed by atoms with van der Waals surface area (Å²) in [5.41, 5.74) is -1.29. The highest BCUT2D eigenvalue weighted by molar-refractivity contribution is 5.91. The van der Waals surface area contributed by atoms with Gasteiger partial charge in [-0.25, -0.2) is 4.79 Å². The lowest BCUT2D eigenvalue weighted by atomic mass is 10.2. The number of carbonyl (C=O) groups excluding carboxylic acids is 1. The maximum atomic E-state index is 13.8. The fourth-order valence-corrected chi connectivity index (χ4v) is 3.17. The first kappa shape index (κ1) is 23.7. The molecule has 7 nitrogen and oxygen atoms in total. The number of fused-ring (bicyclic) bond motifs is 1. The molecule has 0 atom stereocenters. The molecule has 0 N–H and O–H groups in total. The summed E-state index contributed by atoms with van der Waals surface area (Å²) in [6, 6.07) is 15.3. The molecule has 0 saturated heterocycles. The molecule has 3 aromatic carbocycles. The molecule has 0 saturated carbocycles. The molecule has 0 amide bonds. The van der Waals surface area contributed by atoms with Crippen molar-refractivity contribution in [1.29, 1.82) is 0 Å². The highest BCUT2D eigenvalue weighted by atomic mass is 19.4. The minimum Gasteiger partial charge on any atom is -0.497 e. The molecule has 1 aromatic heterocycles. The fraction of sp³-hybridized carbons (Fsp3) is 0.120. The van der Waals surface area contributed by atoms with Gasteiger partial charge in [-0.15, -0.1) is 0 Å². The van der Waals surface area contributed by atoms with E-state index in [0.717, 1.165) is 6.07 Å². The second-order valence-electron chi connectivity index (χ2n) is 7.14. The summed E-state index contributed by atoms with van der Waals surface area (Å²) >= 11 is 0. The molecule has 0 aliphatic rings. The number of alkyl halides is 3. The minimum absolute atomic E-state index is 0.0495. The number of carbonyl (C=O) groups is 1. The zero-order chi connectivity index (χ0) is 25.2. The number of ether oxygens (including phenoxy) is 4. The molecule has 1 heterocycles. The van der Waals surface area contributed by atoms with Crippen LogP contribution in [0.5, 0.6) is 28.7 Å². The van der Waals surface area contributed by atoms with E-state index in [1.807, 2.05) is 0 Å². The highest BCUT2D eigenvalue weighted by Crippen LogP contribution is 2.39. The molecule has 180 valence electrons. The average molecular weight is 486 g/mol. The topological polar surface area (TPSA) is 84.2 Å². The van der Waals surface area contributed by atoms with E-state index in [1.165, 1.54) is 56.7 Å². The van der Waals surface area contributed by atoms with Crippen molar-refractivity contribution in [2.75, 3.05) is 14.2 Å². The number of halogens is 3. The lowest BCUT2D eigenvalue weighted by molar-refractivity contribution is -0.154. The van der Waals surface area contributed by atoms with Gasteiger partial charge < -0.3 is 23.4 Å². The maximum absolute atomic E-state index is 13.8. The van der Waals surface area contributed by atoms with Crippen LogP contribution in [0.2, 0.25) is 0 Å². The Hall–Kier alpha value is -4.47. The summed E-state index contributed by atoms with van der Waals surface area (Å²) in [6.07, 6.45) is -5.04. The molecule has 0 fully saturated rings. The van der Waals surface area contributed by atoms with Crippen LogP contribution in [0.3, 0.4) is 0 Å². The Labute approximate surface area is 196 Å². The normalized spacial score (nSPS) is 11.2. The minimum atomic E-state index is -5.04. The Kier molecular flexibility index (Phi) is 6.37. The Balaban J connectivity index is 1.72. The van der Waals surface area contributed by atoms with E-state index in [0.29, 0.717) is 11.5 Å². The van der Waals surface area contributed by atoms with Crippen LogP contribution in [-0.2, 0) is 6.18 Å². The molecule has 0 aliphatic carbocycles. The van der Waals surface area contributed by atoms with Crippen molar-refractivity contribution in [3.8, 4) is 28.7 Å². The maximum Gasteiger partial charge on any atom is 0.453 e. The highest BCUT2D eigenvalue weighted by Gasteiger charge is 2.40. The van der Waals surface area contributed by atoms with Crippen molar-refractivity contribution in [1.82, 2.24) is 0 Å². The van der Waals surface area contributed by atoms with Gasteiger partial charge in [-0.05, 0) is 48.5 Å². The smallest absolute Gasteiger partial charge is 0.453 e. The van der Waals surface area contributed by atoms with Crippen molar-refractivity contribution in [3.63, 3.8) is 0 Å². The molecule has 0 bridgehead atoms. The van der Waals surface area contributed by atoms with Crippen molar-refractivity contribution < 1.29 is 41.3 Å². The van der Waals surface area contributed by atoms with Crippen LogP contribution < -0.4 is 24.4 Å². The van der Waals surface area contributed by atoms with E-state index in [4.69, 9.17) is 23.4 Å². The molecule has 35 heavy (non-hydrogen) atoms. The van der Waals surface area contributed by atoms with Crippen LogP contribution in [0.4, 0.5) is 13.2 Å². The van der Waals surface area contributed by atoms with Crippen LogP contribution in [0.1, 0.15) is 16.1 Å². The van der Waals surface area contributed by atoms with Gasteiger partial charge >= 0.3 is 12.1 Å². The number of hydrogen-bond donors (Lipinski definition) is 0. The zero-order valence-corrected chi connectivity index (χ0v) is 18.3. The predicted molar refractivity (Wildman–Crippen MR) is 119 cm³/mol. The Morgan fingerprint density at radius 1 is 0.829 bits per heavy atom. The molecule has 0 unspecified atom stereocenters. The molecule has 10 heteroatoms. The molecule has 0 aliphatic heterocycles. The first-order valence-corrected chi connectivity index (χ1v) is 10.1. The second-order valence-corrected chi connectivity index (χ2v) is 7.14. The summed E-state index contributed by atoms with van der Waals surface area (Å²) in [4.78, 5) is 25.3. The van der Waals surface area contributed by atoms with E-state index >= 15 is 0 Å². The summed E-state index contributed by atoms with van der Waals surface area (Å²) in [6.45, 7) is 0. The van der Waals surface area contributed by atoms with Crippen LogP contribution >= 0.6 is 0 Å². The number of hydrogen-bond acceptors (Lipinski definition) is 7. The van der Waals surface area contributed by atoms with E-state index in [-0.39, 0.29) is 22.4 Å². The summed E-state index contributed by atoms with van der Waals surface area (Å²) in [5.74, 6) is -2.73. The Morgan fingerprint density at radius 3 is 2.14 bits per heavy atom. The van der Waals surface area contributed by atoms with E-state index in [1.54, 1.807) is 18.2 Å². The van der Waals surface area contributed by atoms with Gasteiger partial charge in [0.25, 0.3) is 5.76 Å². The largest absolute Gasteiger partial charge is 0.497 e. The molecule has 4 aromatic rings. The first-order chi connectivity index (χ1) is 16.7. The Morgan fingerprint density at radius 2 is 1.49 bits per heavy atom. The zero-order valence-electron chi connectivity index (χ0n) is 18.3. The second kappa shape index (κ2) is 9.41. The SMILES string of the molecule is COc1ccc(C(=O)Oc2ccc3c(=O)c(Oc4cccc(OC)c4)c(C(F)(F)F)oc3c2)cc1. The third-order valence-electron chi connectivity index (χ3n) is 4.88. The standard InChI is InChI=1S/C25H17F3O7/c1-31-15-8-6-14(7-9-15)24(30)34-18-10-11-19-20(13-18)35-23(25(26,27)28)22(21(19)29)33-17-5-3-4-16(12-17)32-2/h3-13H,1-2H3. The van der Waals surface area contributed by atoms with Crippen molar-refractivity contribution in [2.24, 2.45) is 0 Å². The fourth-order valence-electron chi connectivity index (χ4n) is 3.17. The van der Waals surface area contributed by atoms with Crippen molar-refractivity contribution >= 4 is 16.9 Å². The lowest BCUT2D eigenvalue weighted by Gasteiger charge is -2.14. The number of methoxy groups -OCH3 is 2. The average Bonchev–Trinajstić information content (AvgIpc) is 2.85. The predicted octanol–water partition coefficient (Wildman–Crippen LogP) is 5.84. The third kappa shape index (κ3) is 5.06. The third-order valence-corrected chi connectivity index (χ3v) is 4.88. The van der Waals surface area contributed by atoms with Gasteiger partial charge in [0.2, 0.25) is 11.2 Å². The number of rotatable bonds is 6. The summed E-state index contributed by atoms with van der Waals surface area (Å²) < 4.78 is 66.9. The molecular weight excluding hydrogens is 469 g/mol. The van der Waals surface area contributed by atoms with Gasteiger partial charge in [0.15, 0.2) is 0 Å². The molecule has 0 radical (unpaired) electrons. The van der Waals surface area contributed by atoms with E-state index < -0.39 is 34.7 Å². The quantitative estimate of drug-likeness (QED) is 0.250. The van der Waals surface area contributed by atoms with Crippen molar-refractivity contribution in [3.05, 3.63) is 88.3 Å². The molecule has 0 spiro atoms. The lowest BCUT2D eigenvalue weighted by Crippen LogP contribution is -2.15. The van der Waals surface area contributed by atoms with Crippen LogP contribution in [0, 0.1) is 0 Å². The monoisotopic (exact) mass is 486 g/mol. The van der Waals surface area contributed by atoms with Crippen LogP contribution in [-0.4, -0.2) is 20.2 Å². The number of esters is 1. The molecular formula is C25H17F3O7. The van der Waals surface area contributed by atoms with Gasteiger partial charge in [0.1, 0.15) is 28.6 Å². The van der Waals surface area contributed by atoms with Gasteiger partial charge in [-0.1, -0.05) is 6.07 Å². The van der Waals surface area contributed by atoms with Crippen LogP contribution in [0.25, 0.3) is 11.0 Å². The first-order valence-electron chi connectivity index (χ1n) is 10.1. The number of benzene rings is 3. The van der Waals surface area contributed by atoms with Gasteiger partial charge in [-0.2, -0.15) is 13.2 Å². The van der Waals surface area contributed by atoms with E-state index in [2.05, 4.69) is 0 Å². The summed E-state index contributed by atoms with van der Waals surface area (Å²) in [5, 5.41) is -0.194. The van der Waals surface area contributed by atoms with Crippen LogP contribution in [0.15, 0.2) is 75.9 Å². The van der Waals surface area contributed by atoms with Gasteiger partial charge in [-0.3, -0.25) is 4.79 Å². The Bertz CT molecular complexity index is 1440. The van der Waals surface area contributed by atoms with E-state index in [9.17, 15) is 22.8 Å². The van der Waals surface area contributed by atoms with Gasteiger partial charge in [0, 0.05) is 12.1 Å². The molecule has 4 rings (SSSR count). The summed E-state index contributed by atoms with van der Waals surface area (Å²) in [7, 11) is 2.85. The van der Waals surface area contributed by atoms with Gasteiger partial charge in [0.05, 0.1) is 25.2 Å². The van der Waals surface area contributed by atoms with Crippen molar-refractivity contribution in [2.45, 2.75) is 6.18 Å².